The van der Waals surface area contributed by atoms with E-state index >= 15 is 0 Å². The maximum atomic E-state index is 12.0. The van der Waals surface area contributed by atoms with Crippen LogP contribution in [0, 0.1) is 13.8 Å². The molecule has 8 heteroatoms. The van der Waals surface area contributed by atoms with Crippen molar-refractivity contribution in [3.8, 4) is 0 Å². The Labute approximate surface area is 138 Å². The van der Waals surface area contributed by atoms with E-state index in [1.54, 1.807) is 6.92 Å². The van der Waals surface area contributed by atoms with Gasteiger partial charge in [-0.2, -0.15) is 4.98 Å². The summed E-state index contributed by atoms with van der Waals surface area (Å²) in [4.78, 5) is 28.7. The Hall–Kier alpha value is -2.09. The second-order valence-corrected chi connectivity index (χ2v) is 6.57. The molecule has 23 heavy (non-hydrogen) atoms. The molecule has 0 aliphatic heterocycles. The second kappa shape index (κ2) is 7.45. The molecule has 0 bridgehead atoms. The van der Waals surface area contributed by atoms with Crippen molar-refractivity contribution in [3.63, 3.8) is 0 Å². The summed E-state index contributed by atoms with van der Waals surface area (Å²) in [7, 11) is 0. The van der Waals surface area contributed by atoms with Crippen molar-refractivity contribution in [2.75, 3.05) is 0 Å². The predicted octanol–water partition coefficient (Wildman–Crippen LogP) is 1.54. The molecule has 2 aromatic heterocycles. The topological polar surface area (TPSA) is 89.8 Å². The molecule has 0 fully saturated rings. The van der Waals surface area contributed by atoms with Crippen LogP contribution in [0.15, 0.2) is 10.9 Å². The lowest BCUT2D eigenvalue weighted by Crippen LogP contribution is -2.29. The van der Waals surface area contributed by atoms with Crippen LogP contribution in [0.1, 0.15) is 48.1 Å². The molecular weight excluding hydrogens is 314 g/mol. The van der Waals surface area contributed by atoms with Gasteiger partial charge in [0.1, 0.15) is 0 Å². The molecule has 1 N–H and O–H groups in total. The minimum Gasteiger partial charge on any atom is -0.351 e. The van der Waals surface area contributed by atoms with E-state index in [0.717, 1.165) is 16.3 Å². The van der Waals surface area contributed by atoms with E-state index in [1.807, 2.05) is 26.8 Å². The van der Waals surface area contributed by atoms with E-state index < -0.39 is 0 Å². The Morgan fingerprint density at radius 1 is 1.39 bits per heavy atom. The van der Waals surface area contributed by atoms with Crippen molar-refractivity contribution in [2.45, 2.75) is 53.1 Å². The average molecular weight is 335 g/mol. The zero-order valence-electron chi connectivity index (χ0n) is 13.8. The molecule has 0 aliphatic carbocycles. The third-order valence-corrected chi connectivity index (χ3v) is 4.22. The van der Waals surface area contributed by atoms with Crippen molar-refractivity contribution >= 4 is 17.4 Å². The van der Waals surface area contributed by atoms with Gasteiger partial charge >= 0.3 is 5.69 Å². The monoisotopic (exact) mass is 335 g/mol. The van der Waals surface area contributed by atoms with Crippen LogP contribution in [0.4, 0.5) is 0 Å². The summed E-state index contributed by atoms with van der Waals surface area (Å²) in [6.07, 6.45) is 0.231. The molecule has 0 aromatic carbocycles. The summed E-state index contributed by atoms with van der Waals surface area (Å²) < 4.78 is 5.45. The van der Waals surface area contributed by atoms with Gasteiger partial charge in [-0.15, -0.1) is 5.10 Å². The van der Waals surface area contributed by atoms with Crippen LogP contribution < -0.4 is 11.0 Å². The highest BCUT2D eigenvalue weighted by Gasteiger charge is 2.13. The Bertz CT molecular complexity index is 751. The molecule has 0 saturated carbocycles. The van der Waals surface area contributed by atoms with E-state index in [-0.39, 0.29) is 23.9 Å². The third kappa shape index (κ3) is 4.44. The highest BCUT2D eigenvalue weighted by molar-refractivity contribution is 7.05. The average Bonchev–Trinajstić information content (AvgIpc) is 2.92. The maximum absolute atomic E-state index is 12.0. The highest BCUT2D eigenvalue weighted by Crippen LogP contribution is 2.19. The largest absolute Gasteiger partial charge is 0.351 e. The van der Waals surface area contributed by atoms with Crippen LogP contribution in [0.3, 0.4) is 0 Å². The number of aryl methyl sites for hydroxylation is 2. The van der Waals surface area contributed by atoms with Gasteiger partial charge in [0, 0.05) is 24.4 Å². The number of aromatic nitrogens is 4. The van der Waals surface area contributed by atoms with Gasteiger partial charge in [0.2, 0.25) is 5.91 Å². The van der Waals surface area contributed by atoms with Crippen LogP contribution in [0.5, 0.6) is 0 Å². The van der Waals surface area contributed by atoms with Crippen LogP contribution in [0.25, 0.3) is 0 Å². The zero-order chi connectivity index (χ0) is 17.0. The van der Waals surface area contributed by atoms with Gasteiger partial charge in [-0.1, -0.05) is 18.3 Å². The molecule has 0 unspecified atom stereocenters. The lowest BCUT2D eigenvalue weighted by Gasteiger charge is -2.10. The fraction of sp³-hybridized carbons (Fsp3) is 0.533. The highest BCUT2D eigenvalue weighted by atomic mass is 32.1. The van der Waals surface area contributed by atoms with Gasteiger partial charge < -0.3 is 5.32 Å². The molecule has 1 amide bonds. The SMILES string of the molecule is Cc1cc(C)n(CCC(=O)NCc2snnc2C(C)C)c(=O)n1. The zero-order valence-corrected chi connectivity index (χ0v) is 14.6. The Morgan fingerprint density at radius 3 is 2.78 bits per heavy atom. The number of carbonyl (C=O) groups is 1. The normalized spacial score (nSPS) is 11.0. The van der Waals surface area contributed by atoms with Crippen molar-refractivity contribution < 1.29 is 4.79 Å². The van der Waals surface area contributed by atoms with Gasteiger partial charge in [-0.25, -0.2) is 4.79 Å². The van der Waals surface area contributed by atoms with Crippen molar-refractivity contribution in [3.05, 3.63) is 38.5 Å². The number of hydrogen-bond acceptors (Lipinski definition) is 6. The molecule has 0 radical (unpaired) electrons. The number of carbonyl (C=O) groups excluding carboxylic acids is 1. The Morgan fingerprint density at radius 2 is 2.13 bits per heavy atom. The first-order chi connectivity index (χ1) is 10.9. The summed E-state index contributed by atoms with van der Waals surface area (Å²) in [6.45, 7) is 8.45. The molecule has 2 aromatic rings. The van der Waals surface area contributed by atoms with Gasteiger partial charge in [0.15, 0.2) is 0 Å². The van der Waals surface area contributed by atoms with E-state index in [4.69, 9.17) is 0 Å². The van der Waals surface area contributed by atoms with Gasteiger partial charge in [-0.05, 0) is 37.4 Å². The first-order valence-electron chi connectivity index (χ1n) is 7.51. The molecule has 2 rings (SSSR count). The number of amides is 1. The van der Waals surface area contributed by atoms with Crippen molar-refractivity contribution in [2.24, 2.45) is 0 Å². The van der Waals surface area contributed by atoms with Crippen LogP contribution >= 0.6 is 11.5 Å². The summed E-state index contributed by atoms with van der Waals surface area (Å²) in [5.74, 6) is 0.167. The molecular formula is C15H21N5O2S. The lowest BCUT2D eigenvalue weighted by molar-refractivity contribution is -0.121. The quantitative estimate of drug-likeness (QED) is 0.865. The number of rotatable bonds is 6. The molecule has 124 valence electrons. The van der Waals surface area contributed by atoms with E-state index in [2.05, 4.69) is 19.9 Å². The summed E-state index contributed by atoms with van der Waals surface area (Å²) in [5, 5.41) is 6.94. The second-order valence-electron chi connectivity index (χ2n) is 5.74. The molecule has 0 atom stereocenters. The first kappa shape index (κ1) is 17.3. The number of nitrogens with one attached hydrogen (secondary N) is 1. The first-order valence-corrected chi connectivity index (χ1v) is 8.28. The molecule has 0 saturated heterocycles. The third-order valence-electron chi connectivity index (χ3n) is 3.49. The van der Waals surface area contributed by atoms with E-state index in [1.165, 1.54) is 16.1 Å². The fourth-order valence-electron chi connectivity index (χ4n) is 2.30. The maximum Gasteiger partial charge on any atom is 0.347 e. The summed E-state index contributed by atoms with van der Waals surface area (Å²) >= 11 is 1.30. The molecule has 0 aliphatic rings. The minimum atomic E-state index is -0.316. The summed E-state index contributed by atoms with van der Waals surface area (Å²) in [6, 6.07) is 1.83. The van der Waals surface area contributed by atoms with Crippen LogP contribution in [0.2, 0.25) is 0 Å². The standard InChI is InChI=1S/C15H21N5O2S/c1-9(2)14-12(23-19-18-14)8-16-13(21)5-6-20-11(4)7-10(3)17-15(20)22/h7,9H,5-6,8H2,1-4H3,(H,16,21). The van der Waals surface area contributed by atoms with Gasteiger partial charge in [-0.3, -0.25) is 9.36 Å². The number of nitrogens with zero attached hydrogens (tertiary/aromatic N) is 4. The minimum absolute atomic E-state index is 0.111. The smallest absolute Gasteiger partial charge is 0.347 e. The van der Waals surface area contributed by atoms with Gasteiger partial charge in [0.05, 0.1) is 17.1 Å². The molecule has 0 spiro atoms. The van der Waals surface area contributed by atoms with E-state index in [0.29, 0.717) is 18.8 Å². The van der Waals surface area contributed by atoms with Crippen LogP contribution in [-0.2, 0) is 17.9 Å². The Kier molecular flexibility index (Phi) is 5.59. The van der Waals surface area contributed by atoms with Crippen molar-refractivity contribution in [1.82, 2.24) is 24.5 Å². The van der Waals surface area contributed by atoms with Crippen molar-refractivity contribution in [1.29, 1.82) is 0 Å². The lowest BCUT2D eigenvalue weighted by atomic mass is 10.1. The summed E-state index contributed by atoms with van der Waals surface area (Å²) in [5.41, 5.74) is 2.10. The predicted molar refractivity (Wildman–Crippen MR) is 88.4 cm³/mol. The van der Waals surface area contributed by atoms with Gasteiger partial charge in [0.25, 0.3) is 0 Å². The fourth-order valence-corrected chi connectivity index (χ4v) is 3.04. The van der Waals surface area contributed by atoms with Crippen LogP contribution in [-0.4, -0.2) is 25.0 Å². The van der Waals surface area contributed by atoms with E-state index in [9.17, 15) is 9.59 Å². The number of hydrogen-bond donors (Lipinski definition) is 1. The molecule has 2 heterocycles. The molecule has 7 nitrogen and oxygen atoms in total. The Balaban J connectivity index is 1.91.